The topological polar surface area (TPSA) is 52.6 Å². The summed E-state index contributed by atoms with van der Waals surface area (Å²) in [7, 11) is 0. The molecule has 0 bridgehead atoms. The molecule has 104 valence electrons. The van der Waals surface area contributed by atoms with Crippen LogP contribution in [0.25, 0.3) is 5.57 Å². The van der Waals surface area contributed by atoms with E-state index in [2.05, 4.69) is 6.07 Å². The van der Waals surface area contributed by atoms with Gasteiger partial charge < -0.3 is 9.47 Å². The van der Waals surface area contributed by atoms with Crippen LogP contribution in [0, 0.1) is 0 Å². The lowest BCUT2D eigenvalue weighted by Gasteiger charge is -2.22. The van der Waals surface area contributed by atoms with Crippen molar-refractivity contribution in [1.82, 2.24) is 0 Å². The minimum atomic E-state index is -0.380. The zero-order valence-electron chi connectivity index (χ0n) is 11.3. The summed E-state index contributed by atoms with van der Waals surface area (Å²) in [6, 6.07) is 7.98. The quantitative estimate of drug-likeness (QED) is 0.792. The van der Waals surface area contributed by atoms with E-state index in [0.29, 0.717) is 12.2 Å². The number of esters is 2. The molecule has 1 aromatic rings. The predicted molar refractivity (Wildman–Crippen MR) is 72.8 cm³/mol. The molecule has 1 heterocycles. The van der Waals surface area contributed by atoms with Crippen molar-refractivity contribution in [1.29, 1.82) is 0 Å². The maximum absolute atomic E-state index is 12.0. The van der Waals surface area contributed by atoms with E-state index in [4.69, 9.17) is 9.47 Å². The average molecular weight is 272 g/mol. The van der Waals surface area contributed by atoms with E-state index in [0.717, 1.165) is 24.0 Å². The summed E-state index contributed by atoms with van der Waals surface area (Å²) in [6.45, 7) is 2.07. The SMILES string of the molecule is CCOC(=O)CC1=C2c3ccccc3CCC2OC1=O. The van der Waals surface area contributed by atoms with Crippen LogP contribution in [-0.2, 0) is 25.5 Å². The van der Waals surface area contributed by atoms with Gasteiger partial charge in [0, 0.05) is 5.57 Å². The highest BCUT2D eigenvalue weighted by Gasteiger charge is 2.38. The van der Waals surface area contributed by atoms with Crippen LogP contribution in [0.4, 0.5) is 0 Å². The second-order valence-corrected chi connectivity index (χ2v) is 4.96. The molecule has 1 unspecified atom stereocenters. The molecule has 1 aliphatic heterocycles. The second kappa shape index (κ2) is 5.12. The molecule has 4 nitrogen and oxygen atoms in total. The Kier molecular flexibility index (Phi) is 3.30. The minimum Gasteiger partial charge on any atom is -0.466 e. The Labute approximate surface area is 117 Å². The van der Waals surface area contributed by atoms with Crippen LogP contribution in [-0.4, -0.2) is 24.6 Å². The highest BCUT2D eigenvalue weighted by Crippen LogP contribution is 2.40. The van der Waals surface area contributed by atoms with Gasteiger partial charge in [-0.25, -0.2) is 4.79 Å². The Balaban J connectivity index is 2.02. The van der Waals surface area contributed by atoms with Crippen molar-refractivity contribution in [2.45, 2.75) is 32.3 Å². The molecule has 0 spiro atoms. The van der Waals surface area contributed by atoms with E-state index in [1.807, 2.05) is 18.2 Å². The molecule has 0 fully saturated rings. The Bertz CT molecular complexity index is 600. The first kappa shape index (κ1) is 12.9. The fourth-order valence-corrected chi connectivity index (χ4v) is 2.91. The lowest BCUT2D eigenvalue weighted by molar-refractivity contribution is -0.145. The molecule has 0 saturated carbocycles. The monoisotopic (exact) mass is 272 g/mol. The number of fused-ring (bicyclic) bond motifs is 3. The number of rotatable bonds is 3. The van der Waals surface area contributed by atoms with E-state index in [9.17, 15) is 9.59 Å². The van der Waals surface area contributed by atoms with Gasteiger partial charge in [-0.1, -0.05) is 24.3 Å². The lowest BCUT2D eigenvalue weighted by Crippen LogP contribution is -2.17. The van der Waals surface area contributed by atoms with Crippen molar-refractivity contribution in [2.24, 2.45) is 0 Å². The van der Waals surface area contributed by atoms with Gasteiger partial charge in [-0.15, -0.1) is 0 Å². The molecular weight excluding hydrogens is 256 g/mol. The molecule has 0 amide bonds. The van der Waals surface area contributed by atoms with Crippen molar-refractivity contribution in [3.05, 3.63) is 41.0 Å². The maximum Gasteiger partial charge on any atom is 0.335 e. The minimum absolute atomic E-state index is 0.00710. The number of hydrogen-bond acceptors (Lipinski definition) is 4. The van der Waals surface area contributed by atoms with Crippen molar-refractivity contribution >= 4 is 17.5 Å². The first-order valence-electron chi connectivity index (χ1n) is 6.88. The third-order valence-electron chi connectivity index (χ3n) is 3.75. The third-order valence-corrected chi connectivity index (χ3v) is 3.75. The van der Waals surface area contributed by atoms with Gasteiger partial charge in [0.05, 0.1) is 18.6 Å². The van der Waals surface area contributed by atoms with Crippen LogP contribution in [0.3, 0.4) is 0 Å². The van der Waals surface area contributed by atoms with Crippen molar-refractivity contribution in [3.63, 3.8) is 0 Å². The normalized spacial score (nSPS) is 20.2. The lowest BCUT2D eigenvalue weighted by atomic mass is 9.83. The Morgan fingerprint density at radius 3 is 3.00 bits per heavy atom. The van der Waals surface area contributed by atoms with Gasteiger partial charge in [-0.05, 0) is 30.9 Å². The molecule has 3 rings (SSSR count). The number of carbonyl (C=O) groups excluding carboxylic acids is 2. The summed E-state index contributed by atoms with van der Waals surface area (Å²) < 4.78 is 10.3. The number of aryl methyl sites for hydroxylation is 1. The highest BCUT2D eigenvalue weighted by molar-refractivity contribution is 6.06. The van der Waals surface area contributed by atoms with Crippen LogP contribution < -0.4 is 0 Å². The maximum atomic E-state index is 12.0. The van der Waals surface area contributed by atoms with Crippen LogP contribution in [0.1, 0.15) is 30.9 Å². The molecule has 4 heteroatoms. The van der Waals surface area contributed by atoms with Gasteiger partial charge in [0.25, 0.3) is 0 Å². The summed E-state index contributed by atoms with van der Waals surface area (Å²) in [4.78, 5) is 23.7. The van der Waals surface area contributed by atoms with E-state index >= 15 is 0 Å². The van der Waals surface area contributed by atoms with Gasteiger partial charge in [-0.2, -0.15) is 0 Å². The Morgan fingerprint density at radius 2 is 2.20 bits per heavy atom. The van der Waals surface area contributed by atoms with Crippen molar-refractivity contribution < 1.29 is 19.1 Å². The van der Waals surface area contributed by atoms with E-state index < -0.39 is 0 Å². The summed E-state index contributed by atoms with van der Waals surface area (Å²) in [5.41, 5.74) is 3.58. The van der Waals surface area contributed by atoms with Gasteiger partial charge in [0.1, 0.15) is 6.10 Å². The molecule has 2 aliphatic rings. The van der Waals surface area contributed by atoms with E-state index in [-0.39, 0.29) is 24.5 Å². The third kappa shape index (κ3) is 2.11. The van der Waals surface area contributed by atoms with Gasteiger partial charge >= 0.3 is 11.9 Å². The Hall–Kier alpha value is -2.10. The number of ether oxygens (including phenoxy) is 2. The van der Waals surface area contributed by atoms with Crippen LogP contribution in [0.5, 0.6) is 0 Å². The summed E-state index contributed by atoms with van der Waals surface area (Å²) >= 11 is 0. The standard InChI is InChI=1S/C16H16O4/c1-2-19-14(17)9-12-15-11-6-4-3-5-10(11)7-8-13(15)20-16(12)18/h3-6,13H,2,7-9H2,1H3. The average Bonchev–Trinajstić information content (AvgIpc) is 2.76. The number of carbonyl (C=O) groups is 2. The smallest absolute Gasteiger partial charge is 0.335 e. The second-order valence-electron chi connectivity index (χ2n) is 4.96. The summed E-state index contributed by atoms with van der Waals surface area (Å²) in [5.74, 6) is -0.759. The molecular formula is C16H16O4. The van der Waals surface area contributed by atoms with E-state index in [1.165, 1.54) is 5.56 Å². The fourth-order valence-electron chi connectivity index (χ4n) is 2.91. The predicted octanol–water partition coefficient (Wildman–Crippen LogP) is 2.27. The molecule has 1 aromatic carbocycles. The fraction of sp³-hybridized carbons (Fsp3) is 0.375. The first-order chi connectivity index (χ1) is 9.70. The van der Waals surface area contributed by atoms with Gasteiger partial charge in [-0.3, -0.25) is 4.79 Å². The van der Waals surface area contributed by atoms with Crippen LogP contribution in [0.15, 0.2) is 29.8 Å². The Morgan fingerprint density at radius 1 is 1.40 bits per heavy atom. The molecule has 1 aliphatic carbocycles. The first-order valence-corrected chi connectivity index (χ1v) is 6.88. The van der Waals surface area contributed by atoms with Crippen LogP contribution >= 0.6 is 0 Å². The summed E-state index contributed by atoms with van der Waals surface area (Å²) in [5, 5.41) is 0. The molecule has 0 radical (unpaired) electrons. The van der Waals surface area contributed by atoms with Crippen molar-refractivity contribution in [2.75, 3.05) is 6.61 Å². The van der Waals surface area contributed by atoms with Gasteiger partial charge in [0.2, 0.25) is 0 Å². The largest absolute Gasteiger partial charge is 0.466 e. The summed E-state index contributed by atoms with van der Waals surface area (Å²) in [6.07, 6.45) is 1.46. The number of benzene rings is 1. The molecule has 1 atom stereocenters. The van der Waals surface area contributed by atoms with Gasteiger partial charge in [0.15, 0.2) is 0 Å². The zero-order valence-corrected chi connectivity index (χ0v) is 11.3. The molecule has 0 N–H and O–H groups in total. The molecule has 0 saturated heterocycles. The van der Waals surface area contributed by atoms with E-state index in [1.54, 1.807) is 6.92 Å². The zero-order chi connectivity index (χ0) is 14.1. The highest BCUT2D eigenvalue weighted by atomic mass is 16.6. The van der Waals surface area contributed by atoms with Crippen LogP contribution in [0.2, 0.25) is 0 Å². The van der Waals surface area contributed by atoms with Crippen molar-refractivity contribution in [3.8, 4) is 0 Å². The molecule has 0 aromatic heterocycles. The molecule has 20 heavy (non-hydrogen) atoms. The number of hydrogen-bond donors (Lipinski definition) is 0.